The molecule has 0 spiro atoms. The van der Waals surface area contributed by atoms with E-state index in [1.807, 2.05) is 29.1 Å². The van der Waals surface area contributed by atoms with E-state index in [2.05, 4.69) is 19.8 Å². The number of aromatic nitrogens is 3. The van der Waals surface area contributed by atoms with Crippen molar-refractivity contribution in [2.45, 2.75) is 31.5 Å². The fraction of sp³-hybridized carbons (Fsp3) is 0.435. The number of rotatable bonds is 13. The molecule has 0 aliphatic carbocycles. The first-order chi connectivity index (χ1) is 18.8. The van der Waals surface area contributed by atoms with Crippen molar-refractivity contribution < 1.29 is 38.4 Å². The Morgan fingerprint density at radius 1 is 1.33 bits per heavy atom. The van der Waals surface area contributed by atoms with Gasteiger partial charge in [-0.2, -0.15) is 9.36 Å². The molecule has 3 N–H and O–H groups in total. The molecule has 2 aliphatic heterocycles. The number of hydrogen-bond donors (Lipinski definition) is 2. The second-order valence-electron chi connectivity index (χ2n) is 8.34. The number of hydrogen-bond acceptors (Lipinski definition) is 13. The maximum Gasteiger partial charge on any atom is 0.278 e. The van der Waals surface area contributed by atoms with Crippen LogP contribution in [0.15, 0.2) is 41.0 Å². The van der Waals surface area contributed by atoms with Crippen LogP contribution < -0.4 is 20.7 Å². The van der Waals surface area contributed by atoms with Crippen LogP contribution >= 0.6 is 23.3 Å². The number of carbonyl (C=O) groups excluding carboxylic acids is 3. The second-order valence-corrected chi connectivity index (χ2v) is 10.2. The minimum atomic E-state index is -1.46. The Morgan fingerprint density at radius 3 is 2.74 bits per heavy atom. The van der Waals surface area contributed by atoms with E-state index in [9.17, 15) is 19.5 Å². The Balaban J connectivity index is 1.44. The van der Waals surface area contributed by atoms with Crippen LogP contribution in [0.1, 0.15) is 18.3 Å². The number of pyridine rings is 1. The smallest absolute Gasteiger partial charge is 0.278 e. The summed E-state index contributed by atoms with van der Waals surface area (Å²) in [6, 6.07) is 2.76. The Labute approximate surface area is 232 Å². The lowest BCUT2D eigenvalue weighted by atomic mass is 10.0. The first-order valence-corrected chi connectivity index (χ1v) is 13.7. The summed E-state index contributed by atoms with van der Waals surface area (Å²) in [5.74, 6) is -2.49. The lowest BCUT2D eigenvalue weighted by Gasteiger charge is -2.50. The second kappa shape index (κ2) is 13.0. The van der Waals surface area contributed by atoms with E-state index in [1.54, 1.807) is 14.0 Å². The van der Waals surface area contributed by atoms with Crippen LogP contribution in [0, 0.1) is 0 Å². The number of nitrogens with two attached hydrogens (primary N) is 1. The average molecular weight is 578 g/mol. The first-order valence-electron chi connectivity index (χ1n) is 11.9. The van der Waals surface area contributed by atoms with Gasteiger partial charge in [0.15, 0.2) is 24.1 Å². The van der Waals surface area contributed by atoms with Gasteiger partial charge in [-0.15, -0.1) is 11.8 Å². The molecule has 0 bridgehead atoms. The number of carboxylic acids is 1. The van der Waals surface area contributed by atoms with Gasteiger partial charge in [-0.05, 0) is 12.5 Å². The highest BCUT2D eigenvalue weighted by atomic mass is 32.2. The summed E-state index contributed by atoms with van der Waals surface area (Å²) in [7, 11) is 1.60. The number of ether oxygens (including phenoxy) is 2. The number of oxime groups is 1. The summed E-state index contributed by atoms with van der Waals surface area (Å²) in [6.45, 7) is 3.53. The Kier molecular flexibility index (Phi) is 9.45. The maximum absolute atomic E-state index is 13.0. The number of carboxylic acid groups (broad SMARTS) is 1. The van der Waals surface area contributed by atoms with Gasteiger partial charge in [-0.25, -0.2) is 4.57 Å². The zero-order valence-electron chi connectivity index (χ0n) is 21.2. The molecule has 16 heteroatoms. The Bertz CT molecular complexity index is 1280. The van der Waals surface area contributed by atoms with Gasteiger partial charge in [0.25, 0.3) is 11.8 Å². The molecule has 1 saturated heterocycles. The summed E-state index contributed by atoms with van der Waals surface area (Å²) >= 11 is 2.22. The van der Waals surface area contributed by atoms with Crippen molar-refractivity contribution in [1.29, 1.82) is 0 Å². The number of nitrogens with zero attached hydrogens (tertiary/aromatic N) is 5. The highest BCUT2D eigenvalue weighted by molar-refractivity contribution is 8.00. The van der Waals surface area contributed by atoms with E-state index in [0.717, 1.165) is 22.0 Å². The van der Waals surface area contributed by atoms with Crippen LogP contribution in [-0.4, -0.2) is 81.9 Å². The van der Waals surface area contributed by atoms with Crippen molar-refractivity contribution in [2.24, 2.45) is 5.16 Å². The number of β-lactam (4-membered cyclic amide) rings is 1. The van der Waals surface area contributed by atoms with Crippen molar-refractivity contribution in [3.63, 3.8) is 0 Å². The molecule has 14 nitrogen and oxygen atoms in total. The molecule has 2 atom stereocenters. The zero-order chi connectivity index (χ0) is 27.9. The molecule has 2 aliphatic rings. The van der Waals surface area contributed by atoms with Gasteiger partial charge in [-0.1, -0.05) is 5.16 Å². The molecule has 2 aromatic heterocycles. The van der Waals surface area contributed by atoms with E-state index >= 15 is 0 Å². The lowest BCUT2D eigenvalue weighted by Crippen LogP contribution is -2.71. The molecule has 2 aromatic rings. The molecule has 1 unspecified atom stereocenters. The molecule has 39 heavy (non-hydrogen) atoms. The third kappa shape index (κ3) is 6.52. The number of methoxy groups -OCH3 is 1. The van der Waals surface area contributed by atoms with Crippen molar-refractivity contribution in [1.82, 2.24) is 19.6 Å². The largest absolute Gasteiger partial charge is 0.543 e. The van der Waals surface area contributed by atoms with E-state index in [-0.39, 0.29) is 35.5 Å². The average Bonchev–Trinajstić information content (AvgIpc) is 3.36. The Hall–Kier alpha value is -3.60. The van der Waals surface area contributed by atoms with Gasteiger partial charge in [0.2, 0.25) is 11.5 Å². The number of aliphatic carboxylic acids is 1. The summed E-state index contributed by atoms with van der Waals surface area (Å²) in [4.78, 5) is 48.2. The fourth-order valence-corrected chi connectivity index (χ4v) is 5.66. The standard InChI is InChI=1S/C23H27N7O7S2/c1-3-37-27-15(18-26-23(24)39-28-18)19(31)25-16-20(32)30-17(22(33)34)14(12-38-21(16)30)10-29-6-4-13(5-7-29)11-36-9-8-35-2/h4-7,16,21H,3,8-12H2,1-2H3,(H3-,24,25,26,28,31,33,34)/t16?,21-/m0/s1. The number of amides is 2. The number of carbonyl (C=O) groups is 3. The minimum absolute atomic E-state index is 0.0365. The van der Waals surface area contributed by atoms with Crippen LogP contribution in [0.3, 0.4) is 0 Å². The number of thioether (sulfide) groups is 1. The van der Waals surface area contributed by atoms with Crippen molar-refractivity contribution in [2.75, 3.05) is 38.4 Å². The minimum Gasteiger partial charge on any atom is -0.543 e. The molecular weight excluding hydrogens is 550 g/mol. The molecule has 0 aromatic carbocycles. The van der Waals surface area contributed by atoms with E-state index in [4.69, 9.17) is 20.0 Å². The molecule has 0 radical (unpaired) electrons. The predicted octanol–water partition coefficient (Wildman–Crippen LogP) is -1.58. The molecule has 1 fully saturated rings. The highest BCUT2D eigenvalue weighted by Crippen LogP contribution is 2.40. The predicted molar refractivity (Wildman–Crippen MR) is 138 cm³/mol. The Morgan fingerprint density at radius 2 is 2.10 bits per heavy atom. The number of nitrogens with one attached hydrogen (secondary N) is 1. The summed E-state index contributed by atoms with van der Waals surface area (Å²) in [5.41, 5.74) is 6.66. The summed E-state index contributed by atoms with van der Waals surface area (Å²) in [6.07, 6.45) is 3.62. The topological polar surface area (TPSA) is 185 Å². The van der Waals surface area contributed by atoms with Gasteiger partial charge in [0.1, 0.15) is 18.0 Å². The van der Waals surface area contributed by atoms with Gasteiger partial charge in [-0.3, -0.25) is 14.5 Å². The van der Waals surface area contributed by atoms with Gasteiger partial charge >= 0.3 is 0 Å². The van der Waals surface area contributed by atoms with Crippen molar-refractivity contribution in [3.8, 4) is 0 Å². The monoisotopic (exact) mass is 577 g/mol. The zero-order valence-corrected chi connectivity index (χ0v) is 22.8. The van der Waals surface area contributed by atoms with E-state index < -0.39 is 29.2 Å². The lowest BCUT2D eigenvalue weighted by molar-refractivity contribution is -0.689. The van der Waals surface area contributed by atoms with Crippen LogP contribution in [0.2, 0.25) is 0 Å². The van der Waals surface area contributed by atoms with Gasteiger partial charge in [0.05, 0.1) is 31.5 Å². The van der Waals surface area contributed by atoms with Crippen molar-refractivity contribution in [3.05, 3.63) is 47.2 Å². The van der Waals surface area contributed by atoms with E-state index in [1.165, 1.54) is 11.8 Å². The molecular formula is C23H27N7O7S2. The third-order valence-corrected chi connectivity index (χ3v) is 7.60. The van der Waals surface area contributed by atoms with Crippen LogP contribution in [0.4, 0.5) is 5.13 Å². The quantitative estimate of drug-likeness (QED) is 0.0920. The molecule has 0 saturated carbocycles. The SMILES string of the molecule is CCON=C(C(=O)NC1C(=O)N2C(C(=O)[O-])=C(C[n+]3ccc(COCCOC)cc3)CS[C@@H]12)c1nsc(N)n1. The number of fused-ring (bicyclic) bond motifs is 1. The first kappa shape index (κ1) is 28.4. The van der Waals surface area contributed by atoms with E-state index in [0.29, 0.717) is 31.1 Å². The highest BCUT2D eigenvalue weighted by Gasteiger charge is 2.53. The van der Waals surface area contributed by atoms with Crippen LogP contribution in [0.5, 0.6) is 0 Å². The van der Waals surface area contributed by atoms with Gasteiger partial charge in [0, 0.05) is 42.1 Å². The summed E-state index contributed by atoms with van der Waals surface area (Å²) < 4.78 is 16.3. The molecule has 2 amide bonds. The summed E-state index contributed by atoms with van der Waals surface area (Å²) in [5, 5.41) is 18.0. The molecule has 208 valence electrons. The number of nitrogen functional groups attached to an aromatic ring is 1. The normalized spacial score (nSPS) is 19.0. The van der Waals surface area contributed by atoms with Gasteiger partial charge < -0.3 is 35.3 Å². The third-order valence-electron chi connectivity index (χ3n) is 5.71. The van der Waals surface area contributed by atoms with Crippen LogP contribution in [-0.2, 0) is 41.8 Å². The number of anilines is 1. The molecule has 4 rings (SSSR count). The van der Waals surface area contributed by atoms with Crippen LogP contribution in [0.25, 0.3) is 0 Å². The van der Waals surface area contributed by atoms with Crippen molar-refractivity contribution >= 4 is 51.9 Å². The maximum atomic E-state index is 13.0. The fourth-order valence-electron chi connectivity index (χ4n) is 3.89. The molecule has 4 heterocycles.